The zero-order valence-electron chi connectivity index (χ0n) is 8.40. The monoisotopic (exact) mass is 208 g/mol. The van der Waals surface area contributed by atoms with Crippen molar-refractivity contribution < 1.29 is 19.3 Å². The number of fused-ring (bicyclic) bond motifs is 3. The second-order valence-electron chi connectivity index (χ2n) is 3.81. The van der Waals surface area contributed by atoms with Crippen molar-refractivity contribution in [1.29, 1.82) is 0 Å². The number of aromatic hydroxyl groups is 1. The fraction of sp³-hybridized carbons (Fsp3) is 0.455. The molecule has 1 aromatic carbocycles. The van der Waals surface area contributed by atoms with Crippen LogP contribution in [-0.4, -0.2) is 25.1 Å². The number of phenolic OH excluding ortho intramolecular Hbond substituents is 1. The van der Waals surface area contributed by atoms with Gasteiger partial charge in [0.15, 0.2) is 0 Å². The summed E-state index contributed by atoms with van der Waals surface area (Å²) in [5, 5.41) is 9.87. The van der Waals surface area contributed by atoms with Crippen LogP contribution in [0.4, 0.5) is 0 Å². The minimum absolute atomic E-state index is 0.172. The summed E-state index contributed by atoms with van der Waals surface area (Å²) < 4.78 is 16.1. The topological polar surface area (TPSA) is 47.9 Å². The van der Waals surface area contributed by atoms with Crippen molar-refractivity contribution in [2.75, 3.05) is 13.7 Å². The quantitative estimate of drug-likeness (QED) is 0.761. The van der Waals surface area contributed by atoms with E-state index < -0.39 is 0 Å². The Balaban J connectivity index is 2.09. The van der Waals surface area contributed by atoms with E-state index in [9.17, 15) is 5.11 Å². The average molecular weight is 208 g/mol. The van der Waals surface area contributed by atoms with Crippen molar-refractivity contribution in [3.05, 3.63) is 17.7 Å². The molecule has 2 heterocycles. The molecule has 2 aliphatic rings. The third kappa shape index (κ3) is 1.18. The van der Waals surface area contributed by atoms with Gasteiger partial charge in [-0.15, -0.1) is 0 Å². The number of rotatable bonds is 1. The van der Waals surface area contributed by atoms with Crippen LogP contribution in [0.5, 0.6) is 17.2 Å². The first-order valence-electron chi connectivity index (χ1n) is 4.99. The van der Waals surface area contributed by atoms with Crippen molar-refractivity contribution >= 4 is 0 Å². The molecule has 1 aromatic rings. The predicted molar refractivity (Wildman–Crippen MR) is 52.4 cm³/mol. The smallest absolute Gasteiger partial charge is 0.207 e. The molecule has 80 valence electrons. The molecule has 0 bridgehead atoms. The molecule has 0 spiro atoms. The van der Waals surface area contributed by atoms with E-state index in [0.29, 0.717) is 18.1 Å². The molecule has 0 aliphatic carbocycles. The normalized spacial score (nSPS) is 27.0. The third-order valence-corrected chi connectivity index (χ3v) is 2.98. The lowest BCUT2D eigenvalue weighted by atomic mass is 9.97. The van der Waals surface area contributed by atoms with E-state index in [0.717, 1.165) is 12.0 Å². The molecule has 15 heavy (non-hydrogen) atoms. The second kappa shape index (κ2) is 3.03. The van der Waals surface area contributed by atoms with Crippen LogP contribution in [0.15, 0.2) is 12.1 Å². The zero-order chi connectivity index (χ0) is 10.4. The lowest BCUT2D eigenvalue weighted by Crippen LogP contribution is -2.13. The Bertz CT molecular complexity index is 402. The first-order chi connectivity index (χ1) is 7.29. The van der Waals surface area contributed by atoms with Crippen molar-refractivity contribution in [2.24, 2.45) is 0 Å². The minimum atomic E-state index is -0.224. The number of ether oxygens (including phenoxy) is 3. The highest BCUT2D eigenvalue weighted by molar-refractivity contribution is 5.54. The first kappa shape index (κ1) is 8.85. The molecular formula is C11H12O4. The van der Waals surface area contributed by atoms with E-state index in [4.69, 9.17) is 14.2 Å². The van der Waals surface area contributed by atoms with Gasteiger partial charge in [-0.25, -0.2) is 0 Å². The minimum Gasteiger partial charge on any atom is -0.507 e. The number of hydrogen-bond acceptors (Lipinski definition) is 4. The third-order valence-electron chi connectivity index (χ3n) is 2.98. The Labute approximate surface area is 87.4 Å². The van der Waals surface area contributed by atoms with Crippen LogP contribution >= 0.6 is 0 Å². The zero-order valence-corrected chi connectivity index (χ0v) is 8.40. The predicted octanol–water partition coefficient (Wildman–Crippen LogP) is 1.62. The Morgan fingerprint density at radius 2 is 2.33 bits per heavy atom. The maximum Gasteiger partial charge on any atom is 0.207 e. The Kier molecular flexibility index (Phi) is 1.79. The second-order valence-corrected chi connectivity index (χ2v) is 3.81. The maximum atomic E-state index is 9.87. The molecule has 2 atom stereocenters. The van der Waals surface area contributed by atoms with Gasteiger partial charge in [0.05, 0.1) is 19.6 Å². The fourth-order valence-corrected chi connectivity index (χ4v) is 2.26. The summed E-state index contributed by atoms with van der Waals surface area (Å²) >= 11 is 0. The SMILES string of the molecule is COc1cc(O)c2c(c1)O[C@H]1OCC[C@@H]21. The van der Waals surface area contributed by atoms with Gasteiger partial charge in [-0.3, -0.25) is 0 Å². The number of hydrogen-bond donors (Lipinski definition) is 1. The number of methoxy groups -OCH3 is 1. The van der Waals surface area contributed by atoms with E-state index in [-0.39, 0.29) is 18.0 Å². The van der Waals surface area contributed by atoms with Crippen LogP contribution in [0, 0.1) is 0 Å². The number of benzene rings is 1. The van der Waals surface area contributed by atoms with Crippen LogP contribution in [0.25, 0.3) is 0 Å². The summed E-state index contributed by atoms with van der Waals surface area (Å²) in [6.07, 6.45) is 0.676. The van der Waals surface area contributed by atoms with Gasteiger partial charge in [-0.05, 0) is 6.42 Å². The summed E-state index contributed by atoms with van der Waals surface area (Å²) in [4.78, 5) is 0. The van der Waals surface area contributed by atoms with Gasteiger partial charge < -0.3 is 19.3 Å². The molecule has 1 saturated heterocycles. The molecule has 2 aliphatic heterocycles. The van der Waals surface area contributed by atoms with Gasteiger partial charge in [0.2, 0.25) is 6.29 Å². The number of phenols is 1. The van der Waals surface area contributed by atoms with Gasteiger partial charge in [-0.2, -0.15) is 0 Å². The highest BCUT2D eigenvalue weighted by Crippen LogP contribution is 2.49. The van der Waals surface area contributed by atoms with E-state index in [1.165, 1.54) is 0 Å². The molecular weight excluding hydrogens is 196 g/mol. The van der Waals surface area contributed by atoms with Gasteiger partial charge in [0, 0.05) is 17.7 Å². The molecule has 0 radical (unpaired) electrons. The highest BCUT2D eigenvalue weighted by atomic mass is 16.7. The van der Waals surface area contributed by atoms with Crippen molar-refractivity contribution in [1.82, 2.24) is 0 Å². The van der Waals surface area contributed by atoms with Crippen molar-refractivity contribution in [3.8, 4) is 17.2 Å². The van der Waals surface area contributed by atoms with E-state index in [1.54, 1.807) is 19.2 Å². The van der Waals surface area contributed by atoms with Crippen LogP contribution in [0.3, 0.4) is 0 Å². The van der Waals surface area contributed by atoms with Gasteiger partial charge in [-0.1, -0.05) is 0 Å². The van der Waals surface area contributed by atoms with Crippen molar-refractivity contribution in [2.45, 2.75) is 18.6 Å². The average Bonchev–Trinajstić information content (AvgIpc) is 2.75. The molecule has 0 aromatic heterocycles. The molecule has 4 nitrogen and oxygen atoms in total. The Morgan fingerprint density at radius 3 is 3.13 bits per heavy atom. The largest absolute Gasteiger partial charge is 0.507 e. The van der Waals surface area contributed by atoms with Crippen LogP contribution < -0.4 is 9.47 Å². The van der Waals surface area contributed by atoms with Crippen LogP contribution in [0.2, 0.25) is 0 Å². The molecule has 0 unspecified atom stereocenters. The lowest BCUT2D eigenvalue weighted by molar-refractivity contribution is -0.0338. The molecule has 0 amide bonds. The van der Waals surface area contributed by atoms with Gasteiger partial charge >= 0.3 is 0 Å². The fourth-order valence-electron chi connectivity index (χ4n) is 2.26. The summed E-state index contributed by atoms with van der Waals surface area (Å²) in [6, 6.07) is 3.40. The van der Waals surface area contributed by atoms with E-state index >= 15 is 0 Å². The summed E-state index contributed by atoms with van der Waals surface area (Å²) in [7, 11) is 1.56. The first-order valence-corrected chi connectivity index (χ1v) is 4.99. The van der Waals surface area contributed by atoms with E-state index in [2.05, 4.69) is 0 Å². The molecule has 1 fully saturated rings. The van der Waals surface area contributed by atoms with Crippen LogP contribution in [-0.2, 0) is 4.74 Å². The maximum absolute atomic E-state index is 9.87. The summed E-state index contributed by atoms with van der Waals surface area (Å²) in [5.41, 5.74) is 0.860. The molecule has 3 rings (SSSR count). The summed E-state index contributed by atoms with van der Waals surface area (Å²) in [6.45, 7) is 0.695. The Hall–Kier alpha value is -1.42. The highest BCUT2D eigenvalue weighted by Gasteiger charge is 2.41. The molecule has 1 N–H and O–H groups in total. The summed E-state index contributed by atoms with van der Waals surface area (Å²) in [5.74, 6) is 1.70. The van der Waals surface area contributed by atoms with Gasteiger partial charge in [0.25, 0.3) is 0 Å². The van der Waals surface area contributed by atoms with Gasteiger partial charge in [0.1, 0.15) is 17.2 Å². The van der Waals surface area contributed by atoms with Crippen molar-refractivity contribution in [3.63, 3.8) is 0 Å². The Morgan fingerprint density at radius 1 is 1.47 bits per heavy atom. The van der Waals surface area contributed by atoms with Crippen LogP contribution in [0.1, 0.15) is 17.9 Å². The standard InChI is InChI=1S/C11H12O4/c1-13-6-4-8(12)10-7-2-3-14-11(7)15-9(10)5-6/h4-5,7,11-12H,2-3H2,1H3/t7-,11+/m0/s1. The molecule has 4 heteroatoms. The lowest BCUT2D eigenvalue weighted by Gasteiger charge is -2.07. The van der Waals surface area contributed by atoms with E-state index in [1.807, 2.05) is 0 Å². The molecule has 0 saturated carbocycles.